The van der Waals surface area contributed by atoms with E-state index in [1.807, 2.05) is 46.8 Å². The first-order chi connectivity index (χ1) is 18.1. The molecule has 0 saturated carbocycles. The van der Waals surface area contributed by atoms with Crippen molar-refractivity contribution in [1.82, 2.24) is 14.9 Å². The van der Waals surface area contributed by atoms with Crippen molar-refractivity contribution in [2.24, 2.45) is 0 Å². The molecule has 39 heavy (non-hydrogen) atoms. The molecular formula is C30H43N3O5S. The fraction of sp³-hybridized carbons (Fsp3) is 0.567. The molecule has 0 radical (unpaired) electrons. The minimum absolute atomic E-state index is 0.0655. The first-order valence-corrected chi connectivity index (χ1v) is 15.5. The van der Waals surface area contributed by atoms with Crippen LogP contribution in [0.25, 0.3) is 5.57 Å². The van der Waals surface area contributed by atoms with Crippen LogP contribution in [0.5, 0.6) is 0 Å². The van der Waals surface area contributed by atoms with E-state index < -0.39 is 27.7 Å². The minimum Gasteiger partial charge on any atom is -0.481 e. The quantitative estimate of drug-likeness (QED) is 0.485. The van der Waals surface area contributed by atoms with E-state index in [9.17, 15) is 18.3 Å². The fourth-order valence-electron chi connectivity index (χ4n) is 6.18. The van der Waals surface area contributed by atoms with Crippen LogP contribution in [0.3, 0.4) is 0 Å². The van der Waals surface area contributed by atoms with Crippen molar-refractivity contribution in [1.29, 1.82) is 0 Å². The Morgan fingerprint density at radius 1 is 1.18 bits per heavy atom. The van der Waals surface area contributed by atoms with Gasteiger partial charge in [0.15, 0.2) is 0 Å². The molecule has 3 unspecified atom stereocenters. The van der Waals surface area contributed by atoms with Gasteiger partial charge in [0.25, 0.3) is 0 Å². The highest BCUT2D eigenvalue weighted by Gasteiger charge is 2.45. The van der Waals surface area contributed by atoms with Gasteiger partial charge in [-0.25, -0.2) is 8.42 Å². The number of benzene rings is 1. The van der Waals surface area contributed by atoms with Crippen LogP contribution in [0.2, 0.25) is 0 Å². The molecule has 0 aromatic heterocycles. The Bertz CT molecular complexity index is 1340. The maximum absolute atomic E-state index is 13.3. The van der Waals surface area contributed by atoms with Crippen LogP contribution in [-0.2, 0) is 19.6 Å². The number of rotatable bonds is 6. The van der Waals surface area contributed by atoms with Crippen molar-refractivity contribution < 1.29 is 23.1 Å². The van der Waals surface area contributed by atoms with Gasteiger partial charge in [-0.15, -0.1) is 0 Å². The Kier molecular flexibility index (Phi) is 8.21. The number of carboxylic acid groups (broad SMARTS) is 1. The normalized spacial score (nSPS) is 25.3. The molecule has 0 spiro atoms. The third-order valence-electron chi connectivity index (χ3n) is 7.69. The Labute approximate surface area is 233 Å². The molecule has 2 saturated heterocycles. The van der Waals surface area contributed by atoms with Crippen LogP contribution in [0.15, 0.2) is 52.3 Å². The van der Waals surface area contributed by atoms with Gasteiger partial charge in [-0.05, 0) is 82.7 Å². The predicted molar refractivity (Wildman–Crippen MR) is 155 cm³/mol. The number of fused-ring (bicyclic) bond motifs is 3. The van der Waals surface area contributed by atoms with Gasteiger partial charge in [-0.2, -0.15) is 0 Å². The number of aryl methyl sites for hydroxylation is 1. The van der Waals surface area contributed by atoms with Gasteiger partial charge in [-0.1, -0.05) is 35.4 Å². The van der Waals surface area contributed by atoms with E-state index in [1.54, 1.807) is 0 Å². The minimum atomic E-state index is -3.64. The molecule has 2 aliphatic heterocycles. The van der Waals surface area contributed by atoms with Crippen molar-refractivity contribution in [3.05, 3.63) is 63.4 Å². The summed E-state index contributed by atoms with van der Waals surface area (Å²) in [6.07, 6.45) is 0.796. The fourth-order valence-corrected chi connectivity index (χ4v) is 7.18. The lowest BCUT2D eigenvalue weighted by Crippen LogP contribution is -2.67. The van der Waals surface area contributed by atoms with Gasteiger partial charge < -0.3 is 20.5 Å². The number of nitrogens with one attached hydrogen (secondary N) is 2. The maximum atomic E-state index is 13.3. The molecule has 8 nitrogen and oxygen atoms in total. The molecule has 0 bridgehead atoms. The standard InChI is InChI=1S/C30H43N3O5S/c1-17-9-11-21(12-10-17)22-13-18(2)26-28-23(32-19(3)15-31-28)16-33(39(8,36)37)29(26)20(4)27(22)24(14-25(34)35)38-30(5,6)7/h9-12,19,23-24,28,31-32H,13-16H2,1-8H3,(H,34,35)/t19?,23?,24-,28?/m1/s1. The first-order valence-electron chi connectivity index (χ1n) is 13.6. The maximum Gasteiger partial charge on any atom is 0.306 e. The smallest absolute Gasteiger partial charge is 0.306 e. The van der Waals surface area contributed by atoms with E-state index in [4.69, 9.17) is 4.74 Å². The summed E-state index contributed by atoms with van der Waals surface area (Å²) in [7, 11) is -3.64. The average Bonchev–Trinajstić information content (AvgIpc) is 2.91. The average molecular weight is 558 g/mol. The summed E-state index contributed by atoms with van der Waals surface area (Å²) < 4.78 is 34.6. The molecule has 4 atom stereocenters. The number of carbonyl (C=O) groups is 1. The zero-order valence-corrected chi connectivity index (χ0v) is 25.2. The molecule has 3 aliphatic rings. The lowest BCUT2D eigenvalue weighted by Gasteiger charge is -2.48. The van der Waals surface area contributed by atoms with Crippen molar-refractivity contribution in [3.63, 3.8) is 0 Å². The summed E-state index contributed by atoms with van der Waals surface area (Å²) in [6.45, 7) is 14.9. The molecule has 2 heterocycles. The van der Waals surface area contributed by atoms with E-state index in [2.05, 4.69) is 36.6 Å². The lowest BCUT2D eigenvalue weighted by molar-refractivity contribution is -0.141. The van der Waals surface area contributed by atoms with E-state index in [0.29, 0.717) is 18.7 Å². The Balaban J connectivity index is 2.05. The van der Waals surface area contributed by atoms with Crippen molar-refractivity contribution in [2.45, 2.75) is 91.1 Å². The van der Waals surface area contributed by atoms with Crippen LogP contribution in [0, 0.1) is 6.92 Å². The number of piperidine rings is 1. The van der Waals surface area contributed by atoms with Crippen LogP contribution in [-0.4, -0.2) is 73.0 Å². The molecule has 1 aromatic rings. The third kappa shape index (κ3) is 6.32. The van der Waals surface area contributed by atoms with Gasteiger partial charge in [0.1, 0.15) is 0 Å². The monoisotopic (exact) mass is 557 g/mol. The summed E-state index contributed by atoms with van der Waals surface area (Å²) in [5.41, 5.74) is 6.63. The van der Waals surface area contributed by atoms with Gasteiger partial charge in [0.2, 0.25) is 10.0 Å². The zero-order valence-electron chi connectivity index (χ0n) is 24.4. The van der Waals surface area contributed by atoms with Gasteiger partial charge >= 0.3 is 5.97 Å². The zero-order chi connectivity index (χ0) is 28.9. The highest BCUT2D eigenvalue weighted by Crippen LogP contribution is 2.45. The van der Waals surface area contributed by atoms with E-state index in [-0.39, 0.29) is 24.5 Å². The number of ether oxygens (including phenoxy) is 1. The van der Waals surface area contributed by atoms with Crippen LogP contribution >= 0.6 is 0 Å². The van der Waals surface area contributed by atoms with E-state index in [1.165, 1.54) is 10.6 Å². The molecule has 214 valence electrons. The van der Waals surface area contributed by atoms with Gasteiger partial charge in [0, 0.05) is 18.6 Å². The molecule has 0 amide bonds. The Hall–Kier alpha value is -2.46. The number of hydrogen-bond acceptors (Lipinski definition) is 6. The number of hydrogen-bond donors (Lipinski definition) is 3. The number of carboxylic acids is 1. The van der Waals surface area contributed by atoms with E-state index >= 15 is 0 Å². The number of nitrogens with zero attached hydrogens (tertiary/aromatic N) is 1. The van der Waals surface area contributed by atoms with Crippen molar-refractivity contribution in [3.8, 4) is 0 Å². The predicted octanol–water partition coefficient (Wildman–Crippen LogP) is 3.99. The van der Waals surface area contributed by atoms with Crippen LogP contribution < -0.4 is 10.6 Å². The number of allylic oxidation sites excluding steroid dienone is 2. The van der Waals surface area contributed by atoms with Crippen molar-refractivity contribution >= 4 is 21.6 Å². The molecule has 9 heteroatoms. The molecule has 2 fully saturated rings. The third-order valence-corrected chi connectivity index (χ3v) is 8.82. The summed E-state index contributed by atoms with van der Waals surface area (Å²) in [4.78, 5) is 12.2. The van der Waals surface area contributed by atoms with Crippen molar-refractivity contribution in [2.75, 3.05) is 19.3 Å². The number of sulfonamides is 1. The second-order valence-electron chi connectivity index (χ2n) is 12.3. The van der Waals surface area contributed by atoms with Crippen LogP contribution in [0.4, 0.5) is 0 Å². The molecule has 1 aliphatic carbocycles. The SMILES string of the molecule is CC1=C2C(=C(C)C([C@@H](CC(=O)O)OC(C)(C)C)=C(c3ccc(C)cc3)C1)N(S(C)(=O)=O)CC1NC(C)CNC21. The highest BCUT2D eigenvalue weighted by molar-refractivity contribution is 7.88. The topological polar surface area (TPSA) is 108 Å². The van der Waals surface area contributed by atoms with Gasteiger partial charge in [0.05, 0.1) is 42.7 Å². The highest BCUT2D eigenvalue weighted by atomic mass is 32.2. The van der Waals surface area contributed by atoms with Crippen LogP contribution in [0.1, 0.15) is 65.5 Å². The molecule has 3 N–H and O–H groups in total. The molecule has 4 rings (SSSR count). The molecule has 1 aromatic carbocycles. The summed E-state index contributed by atoms with van der Waals surface area (Å²) in [5, 5.41) is 17.2. The Morgan fingerprint density at radius 2 is 1.82 bits per heavy atom. The molecular weight excluding hydrogens is 514 g/mol. The summed E-state index contributed by atoms with van der Waals surface area (Å²) in [6, 6.07) is 8.27. The second kappa shape index (κ2) is 10.8. The second-order valence-corrected chi connectivity index (χ2v) is 14.2. The Morgan fingerprint density at radius 3 is 2.38 bits per heavy atom. The largest absolute Gasteiger partial charge is 0.481 e. The number of aliphatic carboxylic acids is 1. The summed E-state index contributed by atoms with van der Waals surface area (Å²) in [5.74, 6) is -0.970. The first kappa shape index (κ1) is 29.5. The summed E-state index contributed by atoms with van der Waals surface area (Å²) >= 11 is 0. The lowest BCUT2D eigenvalue weighted by atomic mass is 9.84. The number of piperazine rings is 1. The van der Waals surface area contributed by atoms with E-state index in [0.717, 1.165) is 45.5 Å². The van der Waals surface area contributed by atoms with Gasteiger partial charge in [-0.3, -0.25) is 9.10 Å².